The third-order valence-electron chi connectivity index (χ3n) is 2.95. The molecule has 1 aliphatic carbocycles. The molecule has 0 aromatic carbocycles. The van der Waals surface area contributed by atoms with Crippen molar-refractivity contribution in [1.82, 2.24) is 0 Å². The molecule has 1 unspecified atom stereocenters. The second-order valence-electron chi connectivity index (χ2n) is 5.03. The van der Waals surface area contributed by atoms with Gasteiger partial charge >= 0.3 is 0 Å². The lowest BCUT2D eigenvalue weighted by Crippen LogP contribution is -2.24. The van der Waals surface area contributed by atoms with Gasteiger partial charge in [0.2, 0.25) is 0 Å². The monoisotopic (exact) mass is 168 g/mol. The first-order valence-electron chi connectivity index (χ1n) is 4.67. The fraction of sp³-hybridized carbons (Fsp3) is 0.900. The van der Waals surface area contributed by atoms with Gasteiger partial charge < -0.3 is 4.74 Å². The van der Waals surface area contributed by atoms with Crippen LogP contribution >= 0.6 is 0 Å². The van der Waals surface area contributed by atoms with Crippen molar-refractivity contribution >= 4 is 5.78 Å². The van der Waals surface area contributed by atoms with Crippen LogP contribution in [0.1, 0.15) is 39.5 Å². The standard InChI is InChI=1S/C10H16O2/c1-9(2)6-10(12-7-9)4-3-8(11)5-10/h3-7H2,1-2H3. The smallest absolute Gasteiger partial charge is 0.135 e. The fourth-order valence-electron chi connectivity index (χ4n) is 2.50. The predicted octanol–water partition coefficient (Wildman–Crippen LogP) is 1.92. The molecule has 2 fully saturated rings. The summed E-state index contributed by atoms with van der Waals surface area (Å²) in [4.78, 5) is 11.1. The summed E-state index contributed by atoms with van der Waals surface area (Å²) in [5.74, 6) is 0.382. The predicted molar refractivity (Wildman–Crippen MR) is 45.9 cm³/mol. The topological polar surface area (TPSA) is 26.3 Å². The van der Waals surface area contributed by atoms with Gasteiger partial charge in [0.05, 0.1) is 12.2 Å². The van der Waals surface area contributed by atoms with Gasteiger partial charge in [-0.3, -0.25) is 4.79 Å². The Morgan fingerprint density at radius 1 is 1.42 bits per heavy atom. The molecular weight excluding hydrogens is 152 g/mol. The molecule has 1 spiro atoms. The molecule has 1 atom stereocenters. The first-order chi connectivity index (χ1) is 5.52. The van der Waals surface area contributed by atoms with E-state index in [-0.39, 0.29) is 11.0 Å². The van der Waals surface area contributed by atoms with Gasteiger partial charge in [-0.2, -0.15) is 0 Å². The minimum absolute atomic E-state index is 0.0550. The van der Waals surface area contributed by atoms with E-state index in [4.69, 9.17) is 4.74 Å². The van der Waals surface area contributed by atoms with E-state index in [0.29, 0.717) is 12.2 Å². The summed E-state index contributed by atoms with van der Waals surface area (Å²) in [6.07, 6.45) is 3.41. The zero-order chi connectivity index (χ0) is 8.82. The third kappa shape index (κ3) is 1.28. The van der Waals surface area contributed by atoms with Crippen LogP contribution in [0.2, 0.25) is 0 Å². The van der Waals surface area contributed by atoms with Crippen molar-refractivity contribution in [3.05, 3.63) is 0 Å². The van der Waals surface area contributed by atoms with E-state index in [9.17, 15) is 4.79 Å². The van der Waals surface area contributed by atoms with E-state index < -0.39 is 0 Å². The van der Waals surface area contributed by atoms with E-state index in [1.807, 2.05) is 0 Å². The normalized spacial score (nSPS) is 39.7. The Hall–Kier alpha value is -0.370. The minimum Gasteiger partial charge on any atom is -0.374 e. The van der Waals surface area contributed by atoms with E-state index >= 15 is 0 Å². The molecule has 68 valence electrons. The van der Waals surface area contributed by atoms with E-state index in [0.717, 1.165) is 25.9 Å². The van der Waals surface area contributed by atoms with Gasteiger partial charge in [-0.05, 0) is 18.3 Å². The summed E-state index contributed by atoms with van der Waals surface area (Å²) in [7, 11) is 0. The highest BCUT2D eigenvalue weighted by atomic mass is 16.5. The maximum atomic E-state index is 11.1. The molecule has 0 N–H and O–H groups in total. The highest BCUT2D eigenvalue weighted by Crippen LogP contribution is 2.46. The number of rotatable bonds is 0. The molecule has 0 aromatic rings. The Balaban J connectivity index is 2.11. The van der Waals surface area contributed by atoms with E-state index in [1.54, 1.807) is 0 Å². The van der Waals surface area contributed by atoms with Crippen LogP contribution in [0, 0.1) is 5.41 Å². The van der Waals surface area contributed by atoms with Crippen LogP contribution in [0.4, 0.5) is 0 Å². The molecule has 0 aromatic heterocycles. The van der Waals surface area contributed by atoms with Gasteiger partial charge in [-0.25, -0.2) is 0 Å². The second-order valence-corrected chi connectivity index (χ2v) is 5.03. The molecule has 0 radical (unpaired) electrons. The van der Waals surface area contributed by atoms with Crippen molar-refractivity contribution in [3.8, 4) is 0 Å². The van der Waals surface area contributed by atoms with Crippen LogP contribution in [0.25, 0.3) is 0 Å². The van der Waals surface area contributed by atoms with Crippen molar-refractivity contribution in [3.63, 3.8) is 0 Å². The van der Waals surface area contributed by atoms with Crippen LogP contribution in [-0.2, 0) is 9.53 Å². The molecule has 2 heteroatoms. The molecule has 2 aliphatic rings. The Bertz CT molecular complexity index is 220. The quantitative estimate of drug-likeness (QED) is 0.552. The number of ether oxygens (including phenoxy) is 1. The van der Waals surface area contributed by atoms with Crippen LogP contribution in [0.15, 0.2) is 0 Å². The first kappa shape index (κ1) is 8.24. The molecule has 12 heavy (non-hydrogen) atoms. The van der Waals surface area contributed by atoms with E-state index in [2.05, 4.69) is 13.8 Å². The minimum atomic E-state index is -0.0550. The summed E-state index contributed by atoms with van der Waals surface area (Å²) in [6, 6.07) is 0. The Kier molecular flexibility index (Phi) is 1.59. The average Bonchev–Trinajstić information content (AvgIpc) is 2.41. The molecule has 1 heterocycles. The van der Waals surface area contributed by atoms with Crippen LogP contribution in [0.5, 0.6) is 0 Å². The number of hydrogen-bond acceptors (Lipinski definition) is 2. The molecule has 0 bridgehead atoms. The highest BCUT2D eigenvalue weighted by Gasteiger charge is 2.48. The maximum Gasteiger partial charge on any atom is 0.135 e. The Morgan fingerprint density at radius 2 is 2.17 bits per heavy atom. The summed E-state index contributed by atoms with van der Waals surface area (Å²) in [5.41, 5.74) is 0.227. The number of ketones is 1. The zero-order valence-corrected chi connectivity index (χ0v) is 7.85. The molecular formula is C10H16O2. The largest absolute Gasteiger partial charge is 0.374 e. The number of carbonyl (C=O) groups is 1. The van der Waals surface area contributed by atoms with Gasteiger partial charge in [0, 0.05) is 12.8 Å². The molecule has 2 rings (SSSR count). The van der Waals surface area contributed by atoms with Crippen molar-refractivity contribution in [1.29, 1.82) is 0 Å². The highest BCUT2D eigenvalue weighted by molar-refractivity contribution is 5.82. The van der Waals surface area contributed by atoms with Crippen molar-refractivity contribution < 1.29 is 9.53 Å². The molecule has 2 nitrogen and oxygen atoms in total. The number of hydrogen-bond donors (Lipinski definition) is 0. The lowest BCUT2D eigenvalue weighted by atomic mass is 9.83. The summed E-state index contributed by atoms with van der Waals surface area (Å²) in [5, 5.41) is 0. The maximum absolute atomic E-state index is 11.1. The number of Topliss-reactive ketones (excluding diaryl/α,β-unsaturated/α-hetero) is 1. The Morgan fingerprint density at radius 3 is 2.58 bits per heavy atom. The summed E-state index contributed by atoms with van der Waals surface area (Å²) in [6.45, 7) is 5.25. The number of carbonyl (C=O) groups excluding carboxylic acids is 1. The summed E-state index contributed by atoms with van der Waals surface area (Å²) >= 11 is 0. The van der Waals surface area contributed by atoms with E-state index in [1.165, 1.54) is 0 Å². The van der Waals surface area contributed by atoms with Crippen molar-refractivity contribution in [2.24, 2.45) is 5.41 Å². The van der Waals surface area contributed by atoms with Crippen molar-refractivity contribution in [2.45, 2.75) is 45.1 Å². The lowest BCUT2D eigenvalue weighted by molar-refractivity contribution is -0.119. The van der Waals surface area contributed by atoms with Gasteiger partial charge in [0.25, 0.3) is 0 Å². The van der Waals surface area contributed by atoms with Gasteiger partial charge in [-0.1, -0.05) is 13.8 Å². The fourth-order valence-corrected chi connectivity index (χ4v) is 2.50. The molecule has 1 saturated heterocycles. The lowest BCUT2D eigenvalue weighted by Gasteiger charge is -2.22. The molecule has 1 saturated carbocycles. The third-order valence-corrected chi connectivity index (χ3v) is 2.95. The van der Waals surface area contributed by atoms with Crippen LogP contribution in [0.3, 0.4) is 0 Å². The molecule has 1 aliphatic heterocycles. The van der Waals surface area contributed by atoms with Crippen LogP contribution < -0.4 is 0 Å². The van der Waals surface area contributed by atoms with Gasteiger partial charge in [0.15, 0.2) is 0 Å². The first-order valence-corrected chi connectivity index (χ1v) is 4.67. The Labute approximate surface area is 73.3 Å². The zero-order valence-electron chi connectivity index (χ0n) is 7.85. The second kappa shape index (κ2) is 2.32. The van der Waals surface area contributed by atoms with Crippen LogP contribution in [-0.4, -0.2) is 18.0 Å². The molecule has 0 amide bonds. The SMILES string of the molecule is CC1(C)COC2(CCC(=O)C2)C1. The average molecular weight is 168 g/mol. The van der Waals surface area contributed by atoms with Crippen molar-refractivity contribution in [2.75, 3.05) is 6.61 Å². The van der Waals surface area contributed by atoms with Gasteiger partial charge in [-0.15, -0.1) is 0 Å². The van der Waals surface area contributed by atoms with Gasteiger partial charge in [0.1, 0.15) is 5.78 Å². The summed E-state index contributed by atoms with van der Waals surface area (Å²) < 4.78 is 5.77.